The van der Waals surface area contributed by atoms with E-state index in [0.29, 0.717) is 11.1 Å². The molecule has 0 unspecified atom stereocenters. The summed E-state index contributed by atoms with van der Waals surface area (Å²) in [7, 11) is 0. The second-order valence-electron chi connectivity index (χ2n) is 8.64. The van der Waals surface area contributed by atoms with Crippen LogP contribution in [0.4, 0.5) is 0 Å². The van der Waals surface area contributed by atoms with Crippen LogP contribution in [0.25, 0.3) is 0 Å². The molecule has 2 aliphatic rings. The van der Waals surface area contributed by atoms with E-state index in [1.54, 1.807) is 109 Å². The SMILES string of the molecule is O=C1c2ccccc2C(=O)C1(c1ccccc1)C1(c2ccccc2)C(=O)c2ccccc2C1=O. The number of hydrogen-bond acceptors (Lipinski definition) is 4. The van der Waals surface area contributed by atoms with Crippen molar-refractivity contribution in [3.05, 3.63) is 143 Å². The molecule has 0 atom stereocenters. The Kier molecular flexibility index (Phi) is 4.17. The lowest BCUT2D eigenvalue weighted by Crippen LogP contribution is -2.62. The minimum absolute atomic E-state index is 0.225. The molecule has 0 aliphatic heterocycles. The summed E-state index contributed by atoms with van der Waals surface area (Å²) in [5.74, 6) is -2.12. The van der Waals surface area contributed by atoms with Gasteiger partial charge in [-0.2, -0.15) is 0 Å². The Hall–Kier alpha value is -4.44. The molecule has 0 aromatic heterocycles. The quantitative estimate of drug-likeness (QED) is 0.418. The number of hydrogen-bond donors (Lipinski definition) is 0. The molecule has 6 rings (SSSR count). The molecule has 0 bridgehead atoms. The highest BCUT2D eigenvalue weighted by Crippen LogP contribution is 2.57. The zero-order valence-electron chi connectivity index (χ0n) is 18.0. The van der Waals surface area contributed by atoms with Gasteiger partial charge in [0.25, 0.3) is 0 Å². The maximum Gasteiger partial charge on any atom is 0.183 e. The van der Waals surface area contributed by atoms with Gasteiger partial charge < -0.3 is 0 Å². The van der Waals surface area contributed by atoms with Crippen molar-refractivity contribution in [3.8, 4) is 0 Å². The Balaban J connectivity index is 1.82. The van der Waals surface area contributed by atoms with Gasteiger partial charge >= 0.3 is 0 Å². The largest absolute Gasteiger partial charge is 0.293 e. The molecular weight excluding hydrogens is 424 g/mol. The van der Waals surface area contributed by atoms with Crippen molar-refractivity contribution in [3.63, 3.8) is 0 Å². The first kappa shape index (κ1) is 20.2. The average molecular weight is 442 g/mol. The number of benzene rings is 4. The minimum atomic E-state index is -2.06. The number of rotatable bonds is 3. The van der Waals surface area contributed by atoms with Crippen LogP contribution in [-0.2, 0) is 10.8 Å². The van der Waals surface area contributed by atoms with E-state index in [4.69, 9.17) is 0 Å². The van der Waals surface area contributed by atoms with E-state index in [1.807, 2.05) is 0 Å². The molecule has 4 aromatic rings. The summed E-state index contributed by atoms with van der Waals surface area (Å²) in [5, 5.41) is 0. The summed E-state index contributed by atoms with van der Waals surface area (Å²) in [6, 6.07) is 30.2. The summed E-state index contributed by atoms with van der Waals surface area (Å²) < 4.78 is 0. The summed E-state index contributed by atoms with van der Waals surface area (Å²) in [5.41, 5.74) is -2.56. The highest BCUT2D eigenvalue weighted by Gasteiger charge is 2.74. The molecule has 34 heavy (non-hydrogen) atoms. The lowest BCUT2D eigenvalue weighted by molar-refractivity contribution is 0.0557. The van der Waals surface area contributed by atoms with Gasteiger partial charge in [-0.1, -0.05) is 109 Å². The van der Waals surface area contributed by atoms with Crippen molar-refractivity contribution in [2.24, 2.45) is 0 Å². The molecular formula is C30H18O4. The highest BCUT2D eigenvalue weighted by atomic mass is 16.2. The van der Waals surface area contributed by atoms with Gasteiger partial charge in [-0.3, -0.25) is 19.2 Å². The zero-order chi connectivity index (χ0) is 23.5. The molecule has 4 aromatic carbocycles. The van der Waals surface area contributed by atoms with Gasteiger partial charge in [-0.05, 0) is 11.1 Å². The van der Waals surface area contributed by atoms with E-state index in [9.17, 15) is 19.2 Å². The van der Waals surface area contributed by atoms with Gasteiger partial charge in [0.05, 0.1) is 0 Å². The third kappa shape index (κ3) is 2.17. The van der Waals surface area contributed by atoms with Gasteiger partial charge in [-0.25, -0.2) is 0 Å². The molecule has 0 amide bonds. The Morgan fingerprint density at radius 3 is 0.824 bits per heavy atom. The fourth-order valence-electron chi connectivity index (χ4n) is 5.79. The Morgan fingerprint density at radius 1 is 0.324 bits per heavy atom. The van der Waals surface area contributed by atoms with Crippen molar-refractivity contribution in [2.75, 3.05) is 0 Å². The van der Waals surface area contributed by atoms with Crippen LogP contribution in [0.5, 0.6) is 0 Å². The molecule has 4 heteroatoms. The van der Waals surface area contributed by atoms with Crippen LogP contribution in [0, 0.1) is 0 Å². The van der Waals surface area contributed by atoms with E-state index in [0.717, 1.165) is 0 Å². The van der Waals surface area contributed by atoms with Crippen LogP contribution in [0.15, 0.2) is 109 Å². The lowest BCUT2D eigenvalue weighted by Gasteiger charge is -2.42. The minimum Gasteiger partial charge on any atom is -0.293 e. The first-order chi connectivity index (χ1) is 16.6. The summed E-state index contributed by atoms with van der Waals surface area (Å²) in [6.45, 7) is 0. The van der Waals surface area contributed by atoms with E-state index in [-0.39, 0.29) is 22.3 Å². The van der Waals surface area contributed by atoms with Crippen LogP contribution in [0.2, 0.25) is 0 Å². The van der Waals surface area contributed by atoms with Crippen molar-refractivity contribution >= 4 is 23.1 Å². The molecule has 0 saturated carbocycles. The second-order valence-corrected chi connectivity index (χ2v) is 8.64. The van der Waals surface area contributed by atoms with E-state index < -0.39 is 34.0 Å². The number of ketones is 4. The maximum atomic E-state index is 14.4. The van der Waals surface area contributed by atoms with Crippen molar-refractivity contribution < 1.29 is 19.2 Å². The predicted octanol–water partition coefficient (Wildman–Crippen LogP) is 5.02. The van der Waals surface area contributed by atoms with E-state index >= 15 is 0 Å². The third-order valence-electron chi connectivity index (χ3n) is 7.17. The van der Waals surface area contributed by atoms with Crippen LogP contribution in [0.3, 0.4) is 0 Å². The van der Waals surface area contributed by atoms with Crippen molar-refractivity contribution in [2.45, 2.75) is 10.8 Å². The first-order valence-electron chi connectivity index (χ1n) is 11.0. The van der Waals surface area contributed by atoms with Gasteiger partial charge in [0.1, 0.15) is 10.8 Å². The number of carbonyl (C=O) groups is 4. The molecule has 0 spiro atoms. The van der Waals surface area contributed by atoms with Gasteiger partial charge in [0, 0.05) is 22.3 Å². The highest BCUT2D eigenvalue weighted by molar-refractivity contribution is 6.45. The lowest BCUT2D eigenvalue weighted by atomic mass is 9.52. The topological polar surface area (TPSA) is 68.3 Å². The summed E-state index contributed by atoms with van der Waals surface area (Å²) in [4.78, 5) is 57.6. The van der Waals surface area contributed by atoms with Gasteiger partial charge in [0.15, 0.2) is 23.1 Å². The second kappa shape index (κ2) is 7.03. The van der Waals surface area contributed by atoms with Crippen LogP contribution < -0.4 is 0 Å². The summed E-state index contributed by atoms with van der Waals surface area (Å²) >= 11 is 0. The number of carbonyl (C=O) groups excluding carboxylic acids is 4. The standard InChI is InChI=1S/C30H18O4/c31-25-21-15-7-8-16-22(21)26(32)29(25,19-11-3-1-4-12-19)30(20-13-5-2-6-14-20)27(33)23-17-9-10-18-24(23)28(30)34/h1-18H. The fourth-order valence-corrected chi connectivity index (χ4v) is 5.79. The van der Waals surface area contributed by atoms with Crippen LogP contribution in [-0.4, -0.2) is 23.1 Å². The smallest absolute Gasteiger partial charge is 0.183 e. The van der Waals surface area contributed by atoms with E-state index in [1.165, 1.54) is 0 Å². The Bertz CT molecular complexity index is 1330. The molecule has 4 nitrogen and oxygen atoms in total. The zero-order valence-corrected chi connectivity index (χ0v) is 18.0. The van der Waals surface area contributed by atoms with Crippen molar-refractivity contribution in [1.82, 2.24) is 0 Å². The van der Waals surface area contributed by atoms with Gasteiger partial charge in [-0.15, -0.1) is 0 Å². The Morgan fingerprint density at radius 2 is 0.559 bits per heavy atom. The molecule has 0 heterocycles. The van der Waals surface area contributed by atoms with Crippen LogP contribution in [0.1, 0.15) is 52.6 Å². The number of Topliss-reactive ketones (excluding diaryl/α,β-unsaturated/α-hetero) is 4. The van der Waals surface area contributed by atoms with Crippen LogP contribution >= 0.6 is 0 Å². The third-order valence-corrected chi connectivity index (χ3v) is 7.17. The number of fused-ring (bicyclic) bond motifs is 2. The molecule has 0 fully saturated rings. The average Bonchev–Trinajstić information content (AvgIpc) is 3.26. The molecule has 0 radical (unpaired) electrons. The van der Waals surface area contributed by atoms with Crippen molar-refractivity contribution in [1.29, 1.82) is 0 Å². The first-order valence-corrected chi connectivity index (χ1v) is 11.0. The Labute approximate surface area is 195 Å². The fraction of sp³-hybridized carbons (Fsp3) is 0.0667. The monoisotopic (exact) mass is 442 g/mol. The maximum absolute atomic E-state index is 14.4. The molecule has 0 saturated heterocycles. The predicted molar refractivity (Wildman–Crippen MR) is 126 cm³/mol. The summed E-state index contributed by atoms with van der Waals surface area (Å²) in [6.07, 6.45) is 0. The molecule has 162 valence electrons. The van der Waals surface area contributed by atoms with Gasteiger partial charge in [0.2, 0.25) is 0 Å². The normalized spacial score (nSPS) is 17.5. The molecule has 2 aliphatic carbocycles. The van der Waals surface area contributed by atoms with E-state index in [2.05, 4.69) is 0 Å². The molecule has 0 N–H and O–H groups in total.